The smallest absolute Gasteiger partial charge is 0.0541 e. The number of nitrogens with zero attached hydrogens (tertiary/aromatic N) is 1. The van der Waals surface area contributed by atoms with Gasteiger partial charge in [-0.05, 0) is 87.3 Å². The molecular formula is C38H27N. The molecule has 0 atom stereocenters. The molecule has 1 heteroatoms. The fraction of sp³-hybridized carbons (Fsp3) is 0.0526. The molecule has 1 aliphatic rings. The molecule has 39 heavy (non-hydrogen) atoms. The number of allylic oxidation sites excluding steroid dienone is 1. The quantitative estimate of drug-likeness (QED) is 0.229. The van der Waals surface area contributed by atoms with Crippen molar-refractivity contribution in [3.05, 3.63) is 145 Å². The summed E-state index contributed by atoms with van der Waals surface area (Å²) in [5.74, 6) is 0. The molecule has 0 saturated carbocycles. The number of benzene rings is 6. The highest BCUT2D eigenvalue weighted by Crippen LogP contribution is 2.45. The zero-order valence-corrected chi connectivity index (χ0v) is 21.6. The fourth-order valence-electron chi connectivity index (χ4n) is 6.61. The summed E-state index contributed by atoms with van der Waals surface area (Å²) in [6, 6.07) is 46.4. The van der Waals surface area contributed by atoms with Gasteiger partial charge in [0, 0.05) is 16.5 Å². The summed E-state index contributed by atoms with van der Waals surface area (Å²) in [6.45, 7) is 0. The highest BCUT2D eigenvalue weighted by molar-refractivity contribution is 6.14. The van der Waals surface area contributed by atoms with Crippen molar-refractivity contribution in [2.24, 2.45) is 0 Å². The zero-order valence-electron chi connectivity index (χ0n) is 21.6. The lowest BCUT2D eigenvalue weighted by atomic mass is 9.80. The van der Waals surface area contributed by atoms with E-state index in [1.165, 1.54) is 71.6 Å². The van der Waals surface area contributed by atoms with Crippen LogP contribution in [0.3, 0.4) is 0 Å². The van der Waals surface area contributed by atoms with Crippen LogP contribution in [-0.2, 0) is 6.42 Å². The minimum atomic E-state index is 1.05. The van der Waals surface area contributed by atoms with Gasteiger partial charge in [0.15, 0.2) is 0 Å². The summed E-state index contributed by atoms with van der Waals surface area (Å²) >= 11 is 0. The Morgan fingerprint density at radius 3 is 1.92 bits per heavy atom. The van der Waals surface area contributed by atoms with Crippen molar-refractivity contribution in [2.45, 2.75) is 12.8 Å². The Kier molecular flexibility index (Phi) is 5.03. The molecule has 1 nitrogen and oxygen atoms in total. The lowest BCUT2D eigenvalue weighted by Gasteiger charge is -2.23. The topological polar surface area (TPSA) is 4.93 Å². The molecule has 7 aromatic rings. The van der Waals surface area contributed by atoms with Crippen molar-refractivity contribution in [1.82, 2.24) is 4.57 Å². The molecule has 0 bridgehead atoms. The van der Waals surface area contributed by atoms with E-state index >= 15 is 0 Å². The monoisotopic (exact) mass is 497 g/mol. The molecule has 0 saturated heterocycles. The van der Waals surface area contributed by atoms with Crippen molar-refractivity contribution in [1.29, 1.82) is 0 Å². The molecule has 8 rings (SSSR count). The Hall–Kier alpha value is -4.88. The predicted molar refractivity (Wildman–Crippen MR) is 167 cm³/mol. The normalized spacial score (nSPS) is 12.8. The lowest BCUT2D eigenvalue weighted by Crippen LogP contribution is -2.02. The minimum absolute atomic E-state index is 1.05. The molecule has 0 spiro atoms. The first-order valence-corrected chi connectivity index (χ1v) is 13.8. The molecule has 0 radical (unpaired) electrons. The van der Waals surface area contributed by atoms with E-state index in [1.807, 2.05) is 0 Å². The van der Waals surface area contributed by atoms with Gasteiger partial charge in [-0.25, -0.2) is 0 Å². The molecule has 0 unspecified atom stereocenters. The van der Waals surface area contributed by atoms with Crippen molar-refractivity contribution in [3.63, 3.8) is 0 Å². The van der Waals surface area contributed by atoms with Crippen LogP contribution in [0.15, 0.2) is 133 Å². The SMILES string of the molecule is C1=Cc2c(c(-c3ccc4c(c3)c3ccccc3n4-c3ccccc3)c3ccccc3c2-c2ccccc2)CC1. The molecule has 1 heterocycles. The second-order valence-corrected chi connectivity index (χ2v) is 10.4. The third-order valence-corrected chi connectivity index (χ3v) is 8.25. The highest BCUT2D eigenvalue weighted by atomic mass is 15.0. The maximum atomic E-state index is 2.43. The molecule has 0 aliphatic heterocycles. The first kappa shape index (κ1) is 22.1. The van der Waals surface area contributed by atoms with E-state index in [0.29, 0.717) is 0 Å². The van der Waals surface area contributed by atoms with Crippen LogP contribution in [0.25, 0.3) is 66.6 Å². The lowest BCUT2D eigenvalue weighted by molar-refractivity contribution is 0.991. The second-order valence-electron chi connectivity index (χ2n) is 10.4. The predicted octanol–water partition coefficient (Wildman–Crippen LogP) is 10.2. The minimum Gasteiger partial charge on any atom is -0.309 e. The molecule has 6 aromatic carbocycles. The number of hydrogen-bond donors (Lipinski definition) is 0. The number of rotatable bonds is 3. The van der Waals surface area contributed by atoms with Crippen LogP contribution < -0.4 is 0 Å². The number of para-hydroxylation sites is 2. The van der Waals surface area contributed by atoms with E-state index in [-0.39, 0.29) is 0 Å². The Labute approximate surface area is 228 Å². The van der Waals surface area contributed by atoms with Gasteiger partial charge in [-0.3, -0.25) is 0 Å². The van der Waals surface area contributed by atoms with Crippen LogP contribution in [0.2, 0.25) is 0 Å². The maximum Gasteiger partial charge on any atom is 0.0541 e. The van der Waals surface area contributed by atoms with Crippen LogP contribution in [0.1, 0.15) is 17.5 Å². The molecule has 0 fully saturated rings. The van der Waals surface area contributed by atoms with Crippen LogP contribution in [0, 0.1) is 0 Å². The van der Waals surface area contributed by atoms with Gasteiger partial charge in [0.05, 0.1) is 11.0 Å². The number of aromatic nitrogens is 1. The largest absolute Gasteiger partial charge is 0.309 e. The zero-order chi connectivity index (χ0) is 25.8. The summed E-state index contributed by atoms with van der Waals surface area (Å²) in [4.78, 5) is 0. The Morgan fingerprint density at radius 2 is 1.13 bits per heavy atom. The van der Waals surface area contributed by atoms with Gasteiger partial charge >= 0.3 is 0 Å². The standard InChI is InChI=1S/C38H27N/c1-3-13-26(14-4-1)37-30-18-7-9-20-32(30)38(33-21-10-8-19-31(33)37)27-23-24-36-34(25-27)29-17-11-12-22-35(29)39(36)28-15-5-2-6-16-28/h1-9,11-20,22-25H,10,21H2. The van der Waals surface area contributed by atoms with Crippen molar-refractivity contribution in [2.75, 3.05) is 0 Å². The van der Waals surface area contributed by atoms with Gasteiger partial charge in [-0.15, -0.1) is 0 Å². The van der Waals surface area contributed by atoms with E-state index in [1.54, 1.807) is 0 Å². The molecule has 184 valence electrons. The van der Waals surface area contributed by atoms with E-state index < -0.39 is 0 Å². The van der Waals surface area contributed by atoms with Gasteiger partial charge in [0.1, 0.15) is 0 Å². The van der Waals surface area contributed by atoms with Crippen molar-refractivity contribution < 1.29 is 0 Å². The highest BCUT2D eigenvalue weighted by Gasteiger charge is 2.22. The Balaban J connectivity index is 1.46. The average molecular weight is 498 g/mol. The molecule has 0 N–H and O–H groups in total. The second kappa shape index (κ2) is 8.85. The molecule has 1 aliphatic carbocycles. The molecular weight excluding hydrogens is 470 g/mol. The van der Waals surface area contributed by atoms with Gasteiger partial charge in [-0.1, -0.05) is 109 Å². The summed E-state index contributed by atoms with van der Waals surface area (Å²) in [5.41, 5.74) is 11.8. The van der Waals surface area contributed by atoms with Crippen molar-refractivity contribution >= 4 is 38.7 Å². The number of hydrogen-bond acceptors (Lipinski definition) is 0. The van der Waals surface area contributed by atoms with Crippen LogP contribution in [0.5, 0.6) is 0 Å². The van der Waals surface area contributed by atoms with Gasteiger partial charge in [-0.2, -0.15) is 0 Å². The van der Waals surface area contributed by atoms with Crippen LogP contribution >= 0.6 is 0 Å². The van der Waals surface area contributed by atoms with Crippen LogP contribution in [0.4, 0.5) is 0 Å². The van der Waals surface area contributed by atoms with E-state index in [9.17, 15) is 0 Å². The van der Waals surface area contributed by atoms with E-state index in [4.69, 9.17) is 0 Å². The fourth-order valence-corrected chi connectivity index (χ4v) is 6.61. The Bertz CT molecular complexity index is 2040. The Morgan fingerprint density at radius 1 is 0.487 bits per heavy atom. The summed E-state index contributed by atoms with van der Waals surface area (Å²) in [5, 5.41) is 5.23. The van der Waals surface area contributed by atoms with Crippen LogP contribution in [-0.4, -0.2) is 4.57 Å². The summed E-state index contributed by atoms with van der Waals surface area (Å²) in [7, 11) is 0. The first-order chi connectivity index (χ1) is 19.4. The van der Waals surface area contributed by atoms with Crippen molar-refractivity contribution in [3.8, 4) is 27.9 Å². The van der Waals surface area contributed by atoms with E-state index in [2.05, 4.69) is 144 Å². The van der Waals surface area contributed by atoms with Gasteiger partial charge in [0.25, 0.3) is 0 Å². The average Bonchev–Trinajstić information content (AvgIpc) is 3.34. The third kappa shape index (κ3) is 3.40. The van der Waals surface area contributed by atoms with Gasteiger partial charge in [0.2, 0.25) is 0 Å². The molecule has 0 amide bonds. The van der Waals surface area contributed by atoms with E-state index in [0.717, 1.165) is 12.8 Å². The number of fused-ring (bicyclic) bond motifs is 5. The molecule has 1 aromatic heterocycles. The van der Waals surface area contributed by atoms with Gasteiger partial charge < -0.3 is 4.57 Å². The maximum absolute atomic E-state index is 2.43. The first-order valence-electron chi connectivity index (χ1n) is 13.8. The summed E-state index contributed by atoms with van der Waals surface area (Å²) < 4.78 is 2.39. The third-order valence-electron chi connectivity index (χ3n) is 8.25. The summed E-state index contributed by atoms with van der Waals surface area (Å²) in [6.07, 6.45) is 6.82.